The van der Waals surface area contributed by atoms with Gasteiger partial charge in [-0.2, -0.15) is 0 Å². The second kappa shape index (κ2) is 2.29. The molecule has 1 heterocycles. The summed E-state index contributed by atoms with van der Waals surface area (Å²) in [5.41, 5.74) is 5.27. The highest BCUT2D eigenvalue weighted by Gasteiger charge is 1.98. The van der Waals surface area contributed by atoms with E-state index in [0.717, 1.165) is 0 Å². The molecule has 0 aromatic carbocycles. The fourth-order valence-corrected chi connectivity index (χ4v) is 0.581. The van der Waals surface area contributed by atoms with Crippen molar-refractivity contribution in [3.63, 3.8) is 0 Å². The molecule has 2 N–H and O–H groups in total. The number of allylic oxidation sites excluding steroid dienone is 2. The standard InChI is InChI=1S/C4H4Cl2N2/c5-3-1-2-7-8-4(3)6/h1-2,7-8H. The van der Waals surface area contributed by atoms with Crippen molar-refractivity contribution in [1.29, 1.82) is 0 Å². The second-order valence-corrected chi connectivity index (χ2v) is 2.05. The van der Waals surface area contributed by atoms with Gasteiger partial charge in [0, 0.05) is 6.20 Å². The first kappa shape index (κ1) is 5.79. The zero-order valence-electron chi connectivity index (χ0n) is 3.91. The van der Waals surface area contributed by atoms with E-state index in [1.54, 1.807) is 12.3 Å². The van der Waals surface area contributed by atoms with Crippen LogP contribution in [-0.4, -0.2) is 0 Å². The summed E-state index contributed by atoms with van der Waals surface area (Å²) in [6.45, 7) is 0. The van der Waals surface area contributed by atoms with Crippen molar-refractivity contribution < 1.29 is 0 Å². The van der Waals surface area contributed by atoms with Gasteiger partial charge in [0.25, 0.3) is 0 Å². The SMILES string of the molecule is ClC1=C(Cl)NNC=C1. The van der Waals surface area contributed by atoms with Crippen LogP contribution in [0.2, 0.25) is 0 Å². The maximum atomic E-state index is 5.53. The molecule has 0 amide bonds. The maximum Gasteiger partial charge on any atom is 0.139 e. The van der Waals surface area contributed by atoms with E-state index in [2.05, 4.69) is 10.9 Å². The summed E-state index contributed by atoms with van der Waals surface area (Å²) < 4.78 is 0. The summed E-state index contributed by atoms with van der Waals surface area (Å²) in [6.07, 6.45) is 3.33. The Labute approximate surface area is 57.1 Å². The molecule has 0 spiro atoms. The average Bonchev–Trinajstić information content (AvgIpc) is 1.77. The van der Waals surface area contributed by atoms with Crippen molar-refractivity contribution in [2.75, 3.05) is 0 Å². The quantitative estimate of drug-likeness (QED) is 0.509. The Balaban J connectivity index is 2.76. The van der Waals surface area contributed by atoms with E-state index in [1.165, 1.54) is 0 Å². The van der Waals surface area contributed by atoms with Crippen molar-refractivity contribution in [2.24, 2.45) is 0 Å². The van der Waals surface area contributed by atoms with Crippen LogP contribution in [0.4, 0.5) is 0 Å². The molecule has 0 radical (unpaired) electrons. The minimum absolute atomic E-state index is 0.425. The normalized spacial score (nSPS) is 17.8. The minimum Gasteiger partial charge on any atom is -0.307 e. The molecule has 0 aromatic rings. The van der Waals surface area contributed by atoms with Crippen LogP contribution in [0.5, 0.6) is 0 Å². The molecule has 0 aliphatic carbocycles. The van der Waals surface area contributed by atoms with Gasteiger partial charge < -0.3 is 5.43 Å². The summed E-state index contributed by atoms with van der Waals surface area (Å²) in [6, 6.07) is 0. The van der Waals surface area contributed by atoms with Gasteiger partial charge in [-0.25, -0.2) is 0 Å². The Kier molecular flexibility index (Phi) is 1.65. The molecule has 2 nitrogen and oxygen atoms in total. The third-order valence-corrected chi connectivity index (χ3v) is 1.41. The van der Waals surface area contributed by atoms with Crippen molar-refractivity contribution >= 4 is 23.2 Å². The smallest absolute Gasteiger partial charge is 0.139 e. The van der Waals surface area contributed by atoms with E-state index in [9.17, 15) is 0 Å². The van der Waals surface area contributed by atoms with Gasteiger partial charge in [0.05, 0.1) is 5.03 Å². The van der Waals surface area contributed by atoms with Crippen molar-refractivity contribution in [3.05, 3.63) is 22.5 Å². The van der Waals surface area contributed by atoms with Gasteiger partial charge in [-0.3, -0.25) is 5.43 Å². The Morgan fingerprint density at radius 3 is 2.50 bits per heavy atom. The molecular weight excluding hydrogens is 147 g/mol. The van der Waals surface area contributed by atoms with Crippen molar-refractivity contribution in [2.45, 2.75) is 0 Å². The number of nitrogens with one attached hydrogen (secondary N) is 2. The third kappa shape index (κ3) is 1.08. The highest BCUT2D eigenvalue weighted by Crippen LogP contribution is 2.12. The lowest BCUT2D eigenvalue weighted by Gasteiger charge is -2.08. The number of hydrogen-bond donors (Lipinski definition) is 2. The topological polar surface area (TPSA) is 24.1 Å². The Bertz CT molecular complexity index is 150. The molecule has 1 rings (SSSR count). The number of rotatable bonds is 0. The first-order valence-electron chi connectivity index (χ1n) is 2.04. The summed E-state index contributed by atoms with van der Waals surface area (Å²) in [5.74, 6) is 0. The van der Waals surface area contributed by atoms with Gasteiger partial charge in [-0.05, 0) is 6.08 Å². The highest BCUT2D eigenvalue weighted by molar-refractivity contribution is 6.40. The minimum atomic E-state index is 0.425. The third-order valence-electron chi connectivity index (χ3n) is 0.705. The molecule has 0 aromatic heterocycles. The van der Waals surface area contributed by atoms with Crippen LogP contribution >= 0.6 is 23.2 Å². The van der Waals surface area contributed by atoms with E-state index >= 15 is 0 Å². The van der Waals surface area contributed by atoms with Crippen LogP contribution < -0.4 is 10.9 Å². The maximum absolute atomic E-state index is 5.53. The average molecular weight is 151 g/mol. The van der Waals surface area contributed by atoms with Crippen molar-refractivity contribution in [3.8, 4) is 0 Å². The van der Waals surface area contributed by atoms with Gasteiger partial charge in [-0.1, -0.05) is 23.2 Å². The monoisotopic (exact) mass is 150 g/mol. The van der Waals surface area contributed by atoms with Gasteiger partial charge >= 0.3 is 0 Å². The predicted octanol–water partition coefficient (Wildman–Crippen LogP) is 1.25. The molecule has 1 aliphatic heterocycles. The highest BCUT2D eigenvalue weighted by atomic mass is 35.5. The predicted molar refractivity (Wildman–Crippen MR) is 34.1 cm³/mol. The molecule has 8 heavy (non-hydrogen) atoms. The van der Waals surface area contributed by atoms with E-state index < -0.39 is 0 Å². The first-order chi connectivity index (χ1) is 3.80. The molecule has 1 aliphatic rings. The van der Waals surface area contributed by atoms with Crippen LogP contribution in [0.15, 0.2) is 22.5 Å². The molecular formula is C4H4Cl2N2. The van der Waals surface area contributed by atoms with E-state index in [4.69, 9.17) is 23.2 Å². The van der Waals surface area contributed by atoms with Gasteiger partial charge in [0.15, 0.2) is 0 Å². The summed E-state index contributed by atoms with van der Waals surface area (Å²) in [5, 5.41) is 0.944. The lowest BCUT2D eigenvalue weighted by atomic mass is 10.5. The number of halogens is 2. The second-order valence-electron chi connectivity index (χ2n) is 1.26. The first-order valence-corrected chi connectivity index (χ1v) is 2.79. The lowest BCUT2D eigenvalue weighted by molar-refractivity contribution is 0.750. The van der Waals surface area contributed by atoms with Gasteiger partial charge in [-0.15, -0.1) is 0 Å². The Hall–Kier alpha value is -0.340. The molecule has 0 unspecified atom stereocenters. The lowest BCUT2D eigenvalue weighted by Crippen LogP contribution is -2.26. The number of hydrogen-bond acceptors (Lipinski definition) is 2. The van der Waals surface area contributed by atoms with E-state index in [0.29, 0.717) is 10.2 Å². The van der Waals surface area contributed by atoms with E-state index in [-0.39, 0.29) is 0 Å². The van der Waals surface area contributed by atoms with Crippen LogP contribution in [0, 0.1) is 0 Å². The Morgan fingerprint density at radius 2 is 2.12 bits per heavy atom. The summed E-state index contributed by atoms with van der Waals surface area (Å²) >= 11 is 11.0. The van der Waals surface area contributed by atoms with Crippen LogP contribution in [-0.2, 0) is 0 Å². The largest absolute Gasteiger partial charge is 0.307 e. The van der Waals surface area contributed by atoms with Crippen molar-refractivity contribution in [1.82, 2.24) is 10.9 Å². The summed E-state index contributed by atoms with van der Waals surface area (Å²) in [4.78, 5) is 0. The molecule has 0 bridgehead atoms. The van der Waals surface area contributed by atoms with Crippen LogP contribution in [0.3, 0.4) is 0 Å². The molecule has 0 saturated heterocycles. The zero-order chi connectivity index (χ0) is 5.98. The van der Waals surface area contributed by atoms with Crippen LogP contribution in [0.1, 0.15) is 0 Å². The summed E-state index contributed by atoms with van der Waals surface area (Å²) in [7, 11) is 0. The molecule has 0 saturated carbocycles. The molecule has 0 fully saturated rings. The fraction of sp³-hybridized carbons (Fsp3) is 0. The van der Waals surface area contributed by atoms with Crippen LogP contribution in [0.25, 0.3) is 0 Å². The van der Waals surface area contributed by atoms with Gasteiger partial charge in [0.1, 0.15) is 5.16 Å². The molecule has 4 heteroatoms. The van der Waals surface area contributed by atoms with Gasteiger partial charge in [0.2, 0.25) is 0 Å². The fourth-order valence-electron chi connectivity index (χ4n) is 0.353. The molecule has 0 atom stereocenters. The zero-order valence-corrected chi connectivity index (χ0v) is 5.42. The Morgan fingerprint density at radius 1 is 1.38 bits per heavy atom. The van der Waals surface area contributed by atoms with E-state index in [1.807, 2.05) is 0 Å². The molecule has 44 valence electrons. The number of hydrazine groups is 1.